The predicted octanol–water partition coefficient (Wildman–Crippen LogP) is 3.07. The van der Waals surface area contributed by atoms with Crippen LogP contribution >= 0.6 is 11.8 Å². The fraction of sp³-hybridized carbons (Fsp3) is 0.167. The first-order chi connectivity index (χ1) is 12.5. The number of nitrogens with one attached hydrogen (secondary N) is 1. The van der Waals surface area contributed by atoms with E-state index in [2.05, 4.69) is 15.5 Å². The zero-order valence-corrected chi connectivity index (χ0v) is 14.8. The van der Waals surface area contributed by atoms with E-state index in [9.17, 15) is 14.9 Å². The highest BCUT2D eigenvalue weighted by Gasteiger charge is 2.30. The van der Waals surface area contributed by atoms with Gasteiger partial charge >= 0.3 is 0 Å². The van der Waals surface area contributed by atoms with Gasteiger partial charge in [0.15, 0.2) is 5.17 Å². The second kappa shape index (κ2) is 7.92. The summed E-state index contributed by atoms with van der Waals surface area (Å²) in [6.07, 6.45) is 2.03. The third-order valence-electron chi connectivity index (χ3n) is 3.85. The van der Waals surface area contributed by atoms with Crippen LogP contribution in [0.2, 0.25) is 0 Å². The average Bonchev–Trinajstić information content (AvgIpc) is 2.96. The third-order valence-corrected chi connectivity index (χ3v) is 4.93. The number of hydrogen-bond donors (Lipinski definition) is 1. The van der Waals surface area contributed by atoms with Crippen LogP contribution in [0.5, 0.6) is 0 Å². The lowest BCUT2D eigenvalue weighted by Gasteiger charge is -2.04. The summed E-state index contributed by atoms with van der Waals surface area (Å²) in [6.45, 7) is 1.98. The number of rotatable bonds is 5. The second-order valence-electron chi connectivity index (χ2n) is 5.73. The first-order valence-corrected chi connectivity index (χ1v) is 8.78. The van der Waals surface area contributed by atoms with Crippen molar-refractivity contribution in [2.24, 2.45) is 10.2 Å². The molecule has 2 aromatic carbocycles. The van der Waals surface area contributed by atoms with Crippen molar-refractivity contribution in [3.05, 3.63) is 75.3 Å². The molecule has 1 aliphatic rings. The highest BCUT2D eigenvalue weighted by Crippen LogP contribution is 2.24. The van der Waals surface area contributed by atoms with Crippen LogP contribution < -0.4 is 5.32 Å². The largest absolute Gasteiger partial charge is 0.303 e. The number of aryl methyl sites for hydroxylation is 1. The van der Waals surface area contributed by atoms with Gasteiger partial charge in [-0.15, -0.1) is 5.10 Å². The van der Waals surface area contributed by atoms with Crippen molar-refractivity contribution < 1.29 is 9.72 Å². The van der Waals surface area contributed by atoms with Crippen molar-refractivity contribution in [3.63, 3.8) is 0 Å². The molecule has 0 saturated carbocycles. The van der Waals surface area contributed by atoms with Crippen LogP contribution in [0.15, 0.2) is 58.7 Å². The molecule has 0 spiro atoms. The lowest BCUT2D eigenvalue weighted by atomic mass is 10.1. The first kappa shape index (κ1) is 17.8. The summed E-state index contributed by atoms with van der Waals surface area (Å²) in [5.41, 5.74) is 2.79. The standard InChI is InChI=1S/C18H16N4O3S/c1-12-5-2-3-7-14(12)11-19-21-18-20-17(23)16(26-18)10-13-6-4-8-15(9-13)22(24)25/h2-9,11,16H,10H2,1H3,(H,20,21,23)/b19-11-/t16-/m1/s1. The molecule has 1 atom stereocenters. The molecule has 26 heavy (non-hydrogen) atoms. The summed E-state index contributed by atoms with van der Waals surface area (Å²) in [5.74, 6) is -0.175. The molecule has 1 saturated heterocycles. The maximum atomic E-state index is 12.1. The van der Waals surface area contributed by atoms with E-state index in [0.717, 1.165) is 16.7 Å². The van der Waals surface area contributed by atoms with E-state index >= 15 is 0 Å². The van der Waals surface area contributed by atoms with E-state index in [1.807, 2.05) is 31.2 Å². The Hall–Kier alpha value is -3.00. The van der Waals surface area contributed by atoms with Gasteiger partial charge < -0.3 is 5.32 Å². The van der Waals surface area contributed by atoms with Crippen LogP contribution in [0.3, 0.4) is 0 Å². The van der Waals surface area contributed by atoms with Gasteiger partial charge in [0, 0.05) is 12.1 Å². The normalized spacial score (nSPS) is 18.4. The van der Waals surface area contributed by atoms with Crippen molar-refractivity contribution >= 4 is 34.7 Å². The van der Waals surface area contributed by atoms with Gasteiger partial charge in [0.1, 0.15) is 0 Å². The molecule has 0 unspecified atom stereocenters. The number of carbonyl (C=O) groups excluding carboxylic acids is 1. The summed E-state index contributed by atoms with van der Waals surface area (Å²) in [6, 6.07) is 14.1. The van der Waals surface area contributed by atoms with Gasteiger partial charge in [0.05, 0.1) is 16.4 Å². The van der Waals surface area contributed by atoms with Crippen LogP contribution in [-0.4, -0.2) is 27.5 Å². The number of thioether (sulfide) groups is 1. The quantitative estimate of drug-likeness (QED) is 0.498. The van der Waals surface area contributed by atoms with Crippen molar-refractivity contribution in [3.8, 4) is 0 Å². The molecule has 1 heterocycles. The predicted molar refractivity (Wildman–Crippen MR) is 103 cm³/mol. The minimum absolute atomic E-state index is 0.0163. The van der Waals surface area contributed by atoms with Crippen LogP contribution in [-0.2, 0) is 11.2 Å². The maximum Gasteiger partial charge on any atom is 0.269 e. The van der Waals surface area contributed by atoms with Crippen molar-refractivity contribution in [1.82, 2.24) is 5.32 Å². The molecule has 3 rings (SSSR count). The zero-order valence-electron chi connectivity index (χ0n) is 14.0. The second-order valence-corrected chi connectivity index (χ2v) is 6.92. The minimum Gasteiger partial charge on any atom is -0.303 e. The molecule has 132 valence electrons. The summed E-state index contributed by atoms with van der Waals surface area (Å²) in [5, 5.41) is 21.7. The fourth-order valence-corrected chi connectivity index (χ4v) is 3.44. The highest BCUT2D eigenvalue weighted by atomic mass is 32.2. The summed E-state index contributed by atoms with van der Waals surface area (Å²) in [4.78, 5) is 22.5. The Balaban J connectivity index is 1.66. The molecule has 1 fully saturated rings. The summed E-state index contributed by atoms with van der Waals surface area (Å²) < 4.78 is 0. The maximum absolute atomic E-state index is 12.1. The topological polar surface area (TPSA) is 97.0 Å². The van der Waals surface area contributed by atoms with Gasteiger partial charge in [-0.2, -0.15) is 5.10 Å². The van der Waals surface area contributed by atoms with Crippen LogP contribution in [0.1, 0.15) is 16.7 Å². The summed E-state index contributed by atoms with van der Waals surface area (Å²) >= 11 is 1.27. The van der Waals surface area contributed by atoms with Crippen molar-refractivity contribution in [2.45, 2.75) is 18.6 Å². The molecule has 0 bridgehead atoms. The number of carbonyl (C=O) groups is 1. The van der Waals surface area contributed by atoms with Crippen LogP contribution in [0, 0.1) is 17.0 Å². The number of non-ortho nitro benzene ring substituents is 1. The lowest BCUT2D eigenvalue weighted by Crippen LogP contribution is -2.25. The minimum atomic E-state index is -0.446. The van der Waals surface area contributed by atoms with E-state index < -0.39 is 4.92 Å². The number of nitro groups is 1. The number of hydrogen-bond acceptors (Lipinski definition) is 6. The monoisotopic (exact) mass is 368 g/mol. The molecule has 0 radical (unpaired) electrons. The molecule has 1 N–H and O–H groups in total. The molecule has 0 aliphatic carbocycles. The van der Waals surface area contributed by atoms with E-state index in [4.69, 9.17) is 0 Å². The Morgan fingerprint density at radius 1 is 1.27 bits per heavy atom. The van der Waals surface area contributed by atoms with E-state index in [-0.39, 0.29) is 16.8 Å². The van der Waals surface area contributed by atoms with E-state index in [1.54, 1.807) is 18.3 Å². The molecule has 8 heteroatoms. The number of amides is 1. The molecular formula is C18H16N4O3S. The zero-order chi connectivity index (χ0) is 18.5. The molecular weight excluding hydrogens is 352 g/mol. The number of nitro benzene ring substituents is 1. The fourth-order valence-electron chi connectivity index (χ4n) is 2.47. The van der Waals surface area contributed by atoms with Crippen LogP contribution in [0.4, 0.5) is 5.69 Å². The Bertz CT molecular complexity index is 911. The molecule has 2 aromatic rings. The molecule has 1 amide bonds. The molecule has 0 aromatic heterocycles. The average molecular weight is 368 g/mol. The summed E-state index contributed by atoms with van der Waals surface area (Å²) in [7, 11) is 0. The Morgan fingerprint density at radius 2 is 2.08 bits per heavy atom. The van der Waals surface area contributed by atoms with Gasteiger partial charge in [-0.05, 0) is 30.0 Å². The lowest BCUT2D eigenvalue weighted by molar-refractivity contribution is -0.384. The number of amidine groups is 1. The van der Waals surface area contributed by atoms with Crippen molar-refractivity contribution in [1.29, 1.82) is 0 Å². The Morgan fingerprint density at radius 3 is 2.85 bits per heavy atom. The van der Waals surface area contributed by atoms with Gasteiger partial charge in [-0.25, -0.2) is 0 Å². The Labute approximate surface area is 154 Å². The van der Waals surface area contributed by atoms with Gasteiger partial charge in [0.25, 0.3) is 5.69 Å². The van der Waals surface area contributed by atoms with E-state index in [0.29, 0.717) is 11.6 Å². The van der Waals surface area contributed by atoms with Gasteiger partial charge in [-0.1, -0.05) is 48.2 Å². The van der Waals surface area contributed by atoms with Gasteiger partial charge in [0.2, 0.25) is 5.91 Å². The van der Waals surface area contributed by atoms with Crippen LogP contribution in [0.25, 0.3) is 0 Å². The van der Waals surface area contributed by atoms with E-state index in [1.165, 1.54) is 23.9 Å². The Kier molecular flexibility index (Phi) is 5.43. The highest BCUT2D eigenvalue weighted by molar-refractivity contribution is 8.15. The SMILES string of the molecule is Cc1ccccc1/C=N\N=C1\NC(=O)[C@@H](Cc2cccc([N+](=O)[O-])c2)S1. The van der Waals surface area contributed by atoms with Gasteiger partial charge in [-0.3, -0.25) is 14.9 Å². The molecule has 7 nitrogen and oxygen atoms in total. The smallest absolute Gasteiger partial charge is 0.269 e. The number of nitrogens with zero attached hydrogens (tertiary/aromatic N) is 3. The molecule has 1 aliphatic heterocycles. The number of benzene rings is 2. The first-order valence-electron chi connectivity index (χ1n) is 7.90. The van der Waals surface area contributed by atoms with Crippen molar-refractivity contribution in [2.75, 3.05) is 0 Å². The third kappa shape index (κ3) is 4.34.